The van der Waals surface area contributed by atoms with Crippen LogP contribution in [0.1, 0.15) is 44.9 Å². The first-order valence-corrected chi connectivity index (χ1v) is 12.7. The summed E-state index contributed by atoms with van der Waals surface area (Å²) in [6, 6.07) is 13.2. The molecule has 1 unspecified atom stereocenters. The van der Waals surface area contributed by atoms with Crippen molar-refractivity contribution < 1.29 is 17.9 Å². The quantitative estimate of drug-likeness (QED) is 0.631. The Morgan fingerprint density at radius 2 is 1.70 bits per heavy atom. The minimum Gasteiger partial charge on any atom is -0.353 e. The Morgan fingerprint density at radius 1 is 0.967 bits per heavy atom. The van der Waals surface area contributed by atoms with Crippen molar-refractivity contribution >= 4 is 20.8 Å². The fourth-order valence-corrected chi connectivity index (χ4v) is 6.17. The highest BCUT2D eigenvalue weighted by molar-refractivity contribution is 7.89. The summed E-state index contributed by atoms with van der Waals surface area (Å²) in [6.07, 6.45) is 7.61. The van der Waals surface area contributed by atoms with E-state index >= 15 is 0 Å². The highest BCUT2D eigenvalue weighted by Gasteiger charge is 2.28. The van der Waals surface area contributed by atoms with Gasteiger partial charge in [0, 0.05) is 25.6 Å². The number of rotatable bonds is 7. The van der Waals surface area contributed by atoms with Gasteiger partial charge < -0.3 is 9.47 Å². The van der Waals surface area contributed by atoms with E-state index in [-0.39, 0.29) is 6.29 Å². The minimum atomic E-state index is -3.51. The average molecular weight is 432 g/mol. The third kappa shape index (κ3) is 5.05. The maximum Gasteiger partial charge on any atom is 0.243 e. The number of fused-ring (bicyclic) bond motifs is 1. The van der Waals surface area contributed by atoms with E-state index in [9.17, 15) is 8.42 Å². The zero-order valence-corrected chi connectivity index (χ0v) is 18.6. The van der Waals surface area contributed by atoms with Crippen LogP contribution in [0.15, 0.2) is 47.4 Å². The molecular formula is C24H33NO4S. The molecular weight excluding hydrogens is 398 g/mol. The van der Waals surface area contributed by atoms with Crippen LogP contribution in [0.4, 0.5) is 0 Å². The second kappa shape index (κ2) is 9.77. The van der Waals surface area contributed by atoms with Crippen LogP contribution in [0.3, 0.4) is 0 Å². The Labute approximate surface area is 180 Å². The molecule has 30 heavy (non-hydrogen) atoms. The second-order valence-corrected chi connectivity index (χ2v) is 10.8. The van der Waals surface area contributed by atoms with E-state index in [4.69, 9.17) is 9.47 Å². The largest absolute Gasteiger partial charge is 0.353 e. The van der Waals surface area contributed by atoms with Crippen LogP contribution >= 0.6 is 0 Å². The van der Waals surface area contributed by atoms with Gasteiger partial charge in [-0.1, -0.05) is 36.4 Å². The molecule has 1 aliphatic heterocycles. The molecule has 1 saturated heterocycles. The SMILES string of the molecule is CN(CC1CCC(COC2CCCCO2)CC1)S(=O)(=O)c1cccc2ccccc12. The van der Waals surface area contributed by atoms with Crippen molar-refractivity contribution in [3.63, 3.8) is 0 Å². The summed E-state index contributed by atoms with van der Waals surface area (Å²) in [4.78, 5) is 0.401. The van der Waals surface area contributed by atoms with Crippen LogP contribution in [0.2, 0.25) is 0 Å². The van der Waals surface area contributed by atoms with Gasteiger partial charge in [-0.2, -0.15) is 0 Å². The van der Waals surface area contributed by atoms with Crippen LogP contribution in [0.5, 0.6) is 0 Å². The Bertz CT molecular complexity index is 926. The van der Waals surface area contributed by atoms with E-state index in [2.05, 4.69) is 0 Å². The third-order valence-electron chi connectivity index (χ3n) is 6.58. The second-order valence-electron chi connectivity index (χ2n) is 8.78. The molecule has 2 aliphatic rings. The molecule has 1 saturated carbocycles. The van der Waals surface area contributed by atoms with Gasteiger partial charge in [0.2, 0.25) is 10.0 Å². The van der Waals surface area contributed by atoms with Crippen LogP contribution in [0.25, 0.3) is 10.8 Å². The summed E-state index contributed by atoms with van der Waals surface area (Å²) in [7, 11) is -1.80. The molecule has 1 aliphatic carbocycles. The number of sulfonamides is 1. The maximum atomic E-state index is 13.3. The lowest BCUT2D eigenvalue weighted by Crippen LogP contribution is -2.34. The number of benzene rings is 2. The van der Waals surface area contributed by atoms with Crippen LogP contribution in [0, 0.1) is 11.8 Å². The Balaban J connectivity index is 1.31. The number of nitrogens with zero attached hydrogens (tertiary/aromatic N) is 1. The van der Waals surface area contributed by atoms with Crippen molar-refractivity contribution in [2.45, 2.75) is 56.1 Å². The van der Waals surface area contributed by atoms with Crippen molar-refractivity contribution in [1.29, 1.82) is 0 Å². The summed E-state index contributed by atoms with van der Waals surface area (Å²) < 4.78 is 39.7. The monoisotopic (exact) mass is 431 g/mol. The molecule has 0 radical (unpaired) electrons. The Hall–Kier alpha value is -1.47. The molecule has 0 amide bonds. The van der Waals surface area contributed by atoms with Gasteiger partial charge >= 0.3 is 0 Å². The predicted molar refractivity (Wildman–Crippen MR) is 119 cm³/mol. The van der Waals surface area contributed by atoms with E-state index in [1.54, 1.807) is 17.4 Å². The molecule has 1 atom stereocenters. The van der Waals surface area contributed by atoms with Gasteiger partial charge in [0.15, 0.2) is 6.29 Å². The summed E-state index contributed by atoms with van der Waals surface area (Å²) in [6.45, 7) is 2.15. The summed E-state index contributed by atoms with van der Waals surface area (Å²) in [5.74, 6) is 0.966. The van der Waals surface area contributed by atoms with Crippen molar-refractivity contribution in [2.24, 2.45) is 11.8 Å². The fourth-order valence-electron chi connectivity index (χ4n) is 4.72. The molecule has 164 valence electrons. The lowest BCUT2D eigenvalue weighted by Gasteiger charge is -2.32. The summed E-state index contributed by atoms with van der Waals surface area (Å²) in [5, 5.41) is 1.74. The summed E-state index contributed by atoms with van der Waals surface area (Å²) >= 11 is 0. The van der Waals surface area contributed by atoms with Gasteiger partial charge in [-0.05, 0) is 68.2 Å². The van der Waals surface area contributed by atoms with E-state index in [1.807, 2.05) is 36.4 Å². The van der Waals surface area contributed by atoms with E-state index in [0.29, 0.717) is 23.3 Å². The minimum absolute atomic E-state index is 0.0200. The van der Waals surface area contributed by atoms with Crippen LogP contribution in [-0.4, -0.2) is 45.8 Å². The smallest absolute Gasteiger partial charge is 0.243 e. The lowest BCUT2D eigenvalue weighted by molar-refractivity contribution is -0.170. The molecule has 5 nitrogen and oxygen atoms in total. The Kier molecular flexibility index (Phi) is 7.08. The first-order chi connectivity index (χ1) is 14.5. The van der Waals surface area contributed by atoms with Crippen molar-refractivity contribution in [2.75, 3.05) is 26.8 Å². The average Bonchev–Trinajstić information content (AvgIpc) is 2.79. The molecule has 0 aromatic heterocycles. The lowest BCUT2D eigenvalue weighted by atomic mass is 9.82. The molecule has 2 aromatic rings. The Morgan fingerprint density at radius 3 is 2.47 bits per heavy atom. The number of hydrogen-bond donors (Lipinski definition) is 0. The van der Waals surface area contributed by atoms with Crippen molar-refractivity contribution in [3.8, 4) is 0 Å². The van der Waals surface area contributed by atoms with E-state index in [0.717, 1.165) is 62.5 Å². The van der Waals surface area contributed by atoms with Gasteiger partial charge in [0.25, 0.3) is 0 Å². The molecule has 4 rings (SSSR count). The molecule has 0 N–H and O–H groups in total. The van der Waals surface area contributed by atoms with Crippen LogP contribution < -0.4 is 0 Å². The third-order valence-corrected chi connectivity index (χ3v) is 8.46. The molecule has 6 heteroatoms. The molecule has 1 heterocycles. The van der Waals surface area contributed by atoms with Crippen LogP contribution in [-0.2, 0) is 19.5 Å². The molecule has 2 aromatic carbocycles. The highest BCUT2D eigenvalue weighted by Crippen LogP contribution is 2.32. The van der Waals surface area contributed by atoms with Crippen molar-refractivity contribution in [3.05, 3.63) is 42.5 Å². The fraction of sp³-hybridized carbons (Fsp3) is 0.583. The first kappa shape index (κ1) is 21.8. The normalized spacial score (nSPS) is 25.6. The molecule has 2 fully saturated rings. The maximum absolute atomic E-state index is 13.3. The van der Waals surface area contributed by atoms with E-state index in [1.165, 1.54) is 6.42 Å². The van der Waals surface area contributed by atoms with Gasteiger partial charge in [-0.25, -0.2) is 12.7 Å². The topological polar surface area (TPSA) is 55.8 Å². The standard InChI is InChI=1S/C24H33NO4S/c1-25(30(26,27)23-10-6-8-21-7-2-3-9-22(21)23)17-19-12-14-20(15-13-19)18-29-24-11-4-5-16-28-24/h2-3,6-10,19-20,24H,4-5,11-18H2,1H3. The van der Waals surface area contributed by atoms with Crippen molar-refractivity contribution in [1.82, 2.24) is 4.31 Å². The zero-order chi connectivity index (χ0) is 21.0. The molecule has 0 spiro atoms. The highest BCUT2D eigenvalue weighted by atomic mass is 32.2. The van der Waals surface area contributed by atoms with Gasteiger partial charge in [-0.3, -0.25) is 0 Å². The molecule has 0 bridgehead atoms. The number of hydrogen-bond acceptors (Lipinski definition) is 4. The van der Waals surface area contributed by atoms with E-state index < -0.39 is 10.0 Å². The number of ether oxygens (including phenoxy) is 2. The van der Waals surface area contributed by atoms with Gasteiger partial charge in [0.05, 0.1) is 11.5 Å². The van der Waals surface area contributed by atoms with Gasteiger partial charge in [-0.15, -0.1) is 0 Å². The summed E-state index contributed by atoms with van der Waals surface area (Å²) in [5.41, 5.74) is 0. The first-order valence-electron chi connectivity index (χ1n) is 11.2. The van der Waals surface area contributed by atoms with Gasteiger partial charge in [0.1, 0.15) is 0 Å². The predicted octanol–water partition coefficient (Wildman–Crippen LogP) is 4.81. The zero-order valence-electron chi connectivity index (χ0n) is 17.8.